The Morgan fingerprint density at radius 3 is 2.50 bits per heavy atom. The van der Waals surface area contributed by atoms with Crippen LogP contribution >= 0.6 is 0 Å². The van der Waals surface area contributed by atoms with Gasteiger partial charge in [-0.1, -0.05) is 20.8 Å². The van der Waals surface area contributed by atoms with E-state index in [-0.39, 0.29) is 16.9 Å². The molecule has 3 heteroatoms. The maximum atomic E-state index is 11.5. The van der Waals surface area contributed by atoms with Crippen molar-refractivity contribution in [1.29, 1.82) is 0 Å². The molecule has 0 aromatic heterocycles. The van der Waals surface area contributed by atoms with Gasteiger partial charge < -0.3 is 14.6 Å². The highest BCUT2D eigenvalue weighted by atomic mass is 16.6. The van der Waals surface area contributed by atoms with Gasteiger partial charge in [0.05, 0.1) is 24.2 Å². The van der Waals surface area contributed by atoms with Crippen LogP contribution in [0.1, 0.15) is 59.8 Å². The lowest BCUT2D eigenvalue weighted by molar-refractivity contribution is -0.255. The van der Waals surface area contributed by atoms with Gasteiger partial charge in [0.15, 0.2) is 5.79 Å². The van der Waals surface area contributed by atoms with Crippen molar-refractivity contribution in [1.82, 2.24) is 0 Å². The zero-order chi connectivity index (χ0) is 15.5. The monoisotopic (exact) mass is 306 g/mol. The summed E-state index contributed by atoms with van der Waals surface area (Å²) in [6.07, 6.45) is 6.11. The average molecular weight is 306 g/mol. The van der Waals surface area contributed by atoms with Gasteiger partial charge in [0.25, 0.3) is 0 Å². The van der Waals surface area contributed by atoms with Crippen LogP contribution in [0.5, 0.6) is 0 Å². The molecule has 8 atom stereocenters. The first-order valence-corrected chi connectivity index (χ1v) is 9.33. The molecule has 5 aliphatic rings. The highest BCUT2D eigenvalue weighted by molar-refractivity contribution is 5.29. The first kappa shape index (κ1) is 14.2. The molecule has 2 aliphatic heterocycles. The second-order valence-corrected chi connectivity index (χ2v) is 9.55. The normalized spacial score (nSPS) is 65.2. The molecule has 0 aromatic rings. The lowest BCUT2D eigenvalue weighted by atomic mass is 9.51. The zero-order valence-corrected chi connectivity index (χ0v) is 14.4. The number of ether oxygens (including phenoxy) is 2. The van der Waals surface area contributed by atoms with Crippen LogP contribution < -0.4 is 0 Å². The van der Waals surface area contributed by atoms with Crippen molar-refractivity contribution in [2.75, 3.05) is 6.61 Å². The molecule has 2 bridgehead atoms. The highest BCUT2D eigenvalue weighted by Gasteiger charge is 2.84. The summed E-state index contributed by atoms with van der Waals surface area (Å²) in [5.41, 5.74) is 0.541. The molecule has 2 saturated heterocycles. The van der Waals surface area contributed by atoms with E-state index in [2.05, 4.69) is 27.7 Å². The van der Waals surface area contributed by atoms with Gasteiger partial charge in [0, 0.05) is 11.8 Å². The van der Waals surface area contributed by atoms with Gasteiger partial charge in [0.2, 0.25) is 0 Å². The maximum absolute atomic E-state index is 11.5. The van der Waals surface area contributed by atoms with Crippen LogP contribution in [0.15, 0.2) is 0 Å². The molecule has 0 radical (unpaired) electrons. The summed E-state index contributed by atoms with van der Waals surface area (Å²) < 4.78 is 12.6. The molecule has 22 heavy (non-hydrogen) atoms. The maximum Gasteiger partial charge on any atom is 0.174 e. The zero-order valence-electron chi connectivity index (χ0n) is 14.4. The highest BCUT2D eigenvalue weighted by Crippen LogP contribution is 2.83. The third-order valence-electron chi connectivity index (χ3n) is 8.95. The molecule has 2 heterocycles. The molecule has 2 spiro atoms. The van der Waals surface area contributed by atoms with E-state index in [4.69, 9.17) is 9.47 Å². The van der Waals surface area contributed by atoms with Crippen LogP contribution in [0.3, 0.4) is 0 Å². The van der Waals surface area contributed by atoms with E-state index < -0.39 is 5.79 Å². The molecule has 0 unspecified atom stereocenters. The van der Waals surface area contributed by atoms with Crippen molar-refractivity contribution in [3.8, 4) is 0 Å². The smallest absolute Gasteiger partial charge is 0.174 e. The molecular formula is C19H30O3. The summed E-state index contributed by atoms with van der Waals surface area (Å²) in [6, 6.07) is 0. The summed E-state index contributed by atoms with van der Waals surface area (Å²) in [4.78, 5) is 0. The Labute approximate surface area is 133 Å². The minimum absolute atomic E-state index is 0.124. The van der Waals surface area contributed by atoms with Crippen LogP contribution in [-0.2, 0) is 9.47 Å². The van der Waals surface area contributed by atoms with Gasteiger partial charge >= 0.3 is 0 Å². The number of rotatable bonds is 1. The third kappa shape index (κ3) is 1.20. The lowest BCUT2D eigenvalue weighted by Crippen LogP contribution is -2.59. The van der Waals surface area contributed by atoms with Crippen molar-refractivity contribution in [2.45, 2.75) is 77.8 Å². The van der Waals surface area contributed by atoms with Crippen molar-refractivity contribution in [3.05, 3.63) is 0 Å². The number of hydrogen-bond donors (Lipinski definition) is 1. The van der Waals surface area contributed by atoms with Crippen LogP contribution in [0, 0.1) is 34.0 Å². The lowest BCUT2D eigenvalue weighted by Gasteiger charge is -2.51. The first-order chi connectivity index (χ1) is 10.3. The Kier molecular flexibility index (Phi) is 2.43. The Balaban J connectivity index is 1.63. The third-order valence-corrected chi connectivity index (χ3v) is 8.95. The number of fused-ring (bicyclic) bond motifs is 3. The topological polar surface area (TPSA) is 38.7 Å². The van der Waals surface area contributed by atoms with E-state index in [1.807, 2.05) is 0 Å². The van der Waals surface area contributed by atoms with Crippen LogP contribution in [-0.4, -0.2) is 29.7 Å². The van der Waals surface area contributed by atoms with Crippen molar-refractivity contribution in [3.63, 3.8) is 0 Å². The Hall–Kier alpha value is -0.120. The van der Waals surface area contributed by atoms with E-state index in [1.165, 1.54) is 19.3 Å². The fourth-order valence-electron chi connectivity index (χ4n) is 7.64. The quantitative estimate of drug-likeness (QED) is 0.807. The van der Waals surface area contributed by atoms with Gasteiger partial charge in [-0.15, -0.1) is 0 Å². The predicted molar refractivity (Wildman–Crippen MR) is 83.1 cm³/mol. The second-order valence-electron chi connectivity index (χ2n) is 9.55. The standard InChI is InChI=1S/C19H30O3/c1-11(2)16-5-6-17(15(16)9-16)10-21-19(20)7-12(3)14-8-18(17,19)13(4)22-14/h11-15,20H,5-10H2,1-4H3/t12-,13+,14-,15-,16+,17+,18-,19+/m0/s1. The van der Waals surface area contributed by atoms with E-state index in [9.17, 15) is 5.11 Å². The molecule has 5 fully saturated rings. The van der Waals surface area contributed by atoms with Gasteiger partial charge in [-0.05, 0) is 55.8 Å². The summed E-state index contributed by atoms with van der Waals surface area (Å²) in [5.74, 6) is 0.938. The van der Waals surface area contributed by atoms with E-state index in [0.29, 0.717) is 17.4 Å². The predicted octanol–water partition coefficient (Wildman–Crippen LogP) is 3.35. The molecule has 5 rings (SSSR count). The average Bonchev–Trinajstić information content (AvgIpc) is 2.88. The minimum Gasteiger partial charge on any atom is -0.374 e. The molecule has 124 valence electrons. The summed E-state index contributed by atoms with van der Waals surface area (Å²) in [5, 5.41) is 11.5. The summed E-state index contributed by atoms with van der Waals surface area (Å²) in [7, 11) is 0. The molecule has 0 aromatic carbocycles. The van der Waals surface area contributed by atoms with E-state index in [1.54, 1.807) is 0 Å². The van der Waals surface area contributed by atoms with Crippen LogP contribution in [0.25, 0.3) is 0 Å². The largest absolute Gasteiger partial charge is 0.374 e. The Bertz CT molecular complexity index is 533. The Morgan fingerprint density at radius 1 is 1.09 bits per heavy atom. The molecular weight excluding hydrogens is 276 g/mol. The van der Waals surface area contributed by atoms with E-state index in [0.717, 1.165) is 31.3 Å². The van der Waals surface area contributed by atoms with Gasteiger partial charge in [-0.25, -0.2) is 0 Å². The van der Waals surface area contributed by atoms with Crippen molar-refractivity contribution < 1.29 is 14.6 Å². The summed E-state index contributed by atoms with van der Waals surface area (Å²) >= 11 is 0. The van der Waals surface area contributed by atoms with Gasteiger partial charge in [-0.3, -0.25) is 0 Å². The van der Waals surface area contributed by atoms with Crippen LogP contribution in [0.2, 0.25) is 0 Å². The number of aliphatic hydroxyl groups is 1. The summed E-state index contributed by atoms with van der Waals surface area (Å²) in [6.45, 7) is 9.95. The first-order valence-electron chi connectivity index (χ1n) is 9.33. The fraction of sp³-hybridized carbons (Fsp3) is 1.00. The van der Waals surface area contributed by atoms with Gasteiger partial charge in [0.1, 0.15) is 0 Å². The van der Waals surface area contributed by atoms with Crippen molar-refractivity contribution >= 4 is 0 Å². The number of hydrogen-bond acceptors (Lipinski definition) is 3. The Morgan fingerprint density at radius 2 is 1.86 bits per heavy atom. The van der Waals surface area contributed by atoms with Gasteiger partial charge in [-0.2, -0.15) is 0 Å². The SMILES string of the molecule is CC(C)[C@]12CC[C@@]3(CO[C@]4(O)C[C@H](C)[C@@H]5C[C@]34[C@@H](C)O5)[C@H]1C2. The van der Waals surface area contributed by atoms with E-state index >= 15 is 0 Å². The van der Waals surface area contributed by atoms with Crippen molar-refractivity contribution in [2.24, 2.45) is 34.0 Å². The minimum atomic E-state index is -0.950. The molecule has 3 saturated carbocycles. The second kappa shape index (κ2) is 3.75. The van der Waals surface area contributed by atoms with Crippen LogP contribution in [0.4, 0.5) is 0 Å². The fourth-order valence-corrected chi connectivity index (χ4v) is 7.64. The molecule has 0 amide bonds. The molecule has 1 N–H and O–H groups in total. The molecule has 3 nitrogen and oxygen atoms in total. The molecule has 3 aliphatic carbocycles.